The maximum absolute atomic E-state index is 8.74. The molecule has 6 heteroatoms. The van der Waals surface area contributed by atoms with Gasteiger partial charge in [0, 0.05) is 40.0 Å². The zero-order valence-corrected chi connectivity index (χ0v) is 14.4. The zero-order chi connectivity index (χ0) is 18.8. The monoisotopic (exact) mass is 355 g/mol. The average Bonchev–Trinajstić information content (AvgIpc) is 2.74. The van der Waals surface area contributed by atoms with Crippen LogP contribution >= 0.6 is 0 Å². The summed E-state index contributed by atoms with van der Waals surface area (Å²) >= 11 is 0. The van der Waals surface area contributed by atoms with Gasteiger partial charge in [0.2, 0.25) is 0 Å². The largest absolute Gasteiger partial charge is 0.409 e. The number of fused-ring (bicyclic) bond motifs is 1. The van der Waals surface area contributed by atoms with Crippen molar-refractivity contribution in [3.63, 3.8) is 0 Å². The minimum Gasteiger partial charge on any atom is -0.409 e. The molecule has 0 atom stereocenters. The van der Waals surface area contributed by atoms with Crippen LogP contribution in [-0.4, -0.2) is 21.0 Å². The summed E-state index contributed by atoms with van der Waals surface area (Å²) in [6, 6.07) is 19.2. The van der Waals surface area contributed by atoms with Gasteiger partial charge in [0.25, 0.3) is 0 Å². The summed E-state index contributed by atoms with van der Waals surface area (Å²) in [5.74, 6) is 0.595. The third-order valence-electron chi connectivity index (χ3n) is 4.48. The van der Waals surface area contributed by atoms with E-state index in [9.17, 15) is 0 Å². The standard InChI is InChI=1S/C21H17N5O/c22-20(26-27)14-7-5-13(6-8-14)19-10-9-15(11-24-19)18-12-25-21(23)17-4-2-1-3-16(17)18/h1-12,27H,(H2,22,26)(H2,23,25). The molecule has 5 N–H and O–H groups in total. The van der Waals surface area contributed by atoms with Crippen molar-refractivity contribution in [1.29, 1.82) is 0 Å². The van der Waals surface area contributed by atoms with Gasteiger partial charge >= 0.3 is 0 Å². The highest BCUT2D eigenvalue weighted by Gasteiger charge is 2.08. The van der Waals surface area contributed by atoms with E-state index in [2.05, 4.69) is 15.1 Å². The molecule has 0 aliphatic rings. The molecule has 2 aromatic carbocycles. The van der Waals surface area contributed by atoms with E-state index >= 15 is 0 Å². The molecule has 0 aliphatic carbocycles. The molecular weight excluding hydrogens is 338 g/mol. The molecule has 2 aromatic heterocycles. The summed E-state index contributed by atoms with van der Waals surface area (Å²) in [6.07, 6.45) is 3.60. The normalized spacial score (nSPS) is 11.6. The fourth-order valence-corrected chi connectivity index (χ4v) is 3.04. The molecule has 0 radical (unpaired) electrons. The van der Waals surface area contributed by atoms with Crippen LogP contribution in [0.15, 0.2) is 78.2 Å². The number of anilines is 1. The molecule has 0 bridgehead atoms. The number of hydrogen-bond acceptors (Lipinski definition) is 5. The van der Waals surface area contributed by atoms with Crippen molar-refractivity contribution in [2.75, 3.05) is 5.73 Å². The molecule has 0 amide bonds. The number of rotatable bonds is 3. The van der Waals surface area contributed by atoms with E-state index in [0.717, 1.165) is 33.2 Å². The van der Waals surface area contributed by atoms with Crippen LogP contribution in [0, 0.1) is 0 Å². The highest BCUT2D eigenvalue weighted by Crippen LogP contribution is 2.31. The number of hydrogen-bond donors (Lipinski definition) is 3. The number of nitrogens with zero attached hydrogens (tertiary/aromatic N) is 3. The Morgan fingerprint density at radius 2 is 1.52 bits per heavy atom. The van der Waals surface area contributed by atoms with Crippen LogP contribution in [0.2, 0.25) is 0 Å². The van der Waals surface area contributed by atoms with E-state index in [4.69, 9.17) is 16.7 Å². The van der Waals surface area contributed by atoms with Gasteiger partial charge in [-0.05, 0) is 11.5 Å². The second-order valence-corrected chi connectivity index (χ2v) is 6.10. The van der Waals surface area contributed by atoms with E-state index in [1.54, 1.807) is 18.3 Å². The molecule has 0 aliphatic heterocycles. The predicted molar refractivity (Wildman–Crippen MR) is 107 cm³/mol. The molecule has 4 rings (SSSR count). The summed E-state index contributed by atoms with van der Waals surface area (Å²) in [7, 11) is 0. The molecule has 2 heterocycles. The molecule has 0 spiro atoms. The number of aromatic nitrogens is 2. The van der Waals surface area contributed by atoms with Crippen molar-refractivity contribution >= 4 is 22.4 Å². The SMILES string of the molecule is NC(=NO)c1ccc(-c2ccc(-c3cnc(N)c4ccccc34)cn2)cc1. The van der Waals surface area contributed by atoms with Crippen LogP contribution in [0.1, 0.15) is 5.56 Å². The quantitative estimate of drug-likeness (QED) is 0.225. The lowest BCUT2D eigenvalue weighted by Crippen LogP contribution is -2.12. The zero-order valence-electron chi connectivity index (χ0n) is 14.4. The number of benzene rings is 2. The molecule has 132 valence electrons. The summed E-state index contributed by atoms with van der Waals surface area (Å²) in [5, 5.41) is 13.7. The van der Waals surface area contributed by atoms with Gasteiger partial charge in [-0.15, -0.1) is 0 Å². The van der Waals surface area contributed by atoms with E-state index in [1.165, 1.54) is 0 Å². The molecular formula is C21H17N5O. The van der Waals surface area contributed by atoms with E-state index in [0.29, 0.717) is 11.4 Å². The Labute approximate surface area is 155 Å². The van der Waals surface area contributed by atoms with Gasteiger partial charge in [-0.3, -0.25) is 4.98 Å². The van der Waals surface area contributed by atoms with Crippen LogP contribution in [0.3, 0.4) is 0 Å². The lowest BCUT2D eigenvalue weighted by Gasteiger charge is -2.09. The predicted octanol–water partition coefficient (Wildman–Crippen LogP) is 3.64. The summed E-state index contributed by atoms with van der Waals surface area (Å²) in [5.41, 5.74) is 16.0. The minimum absolute atomic E-state index is 0.0765. The highest BCUT2D eigenvalue weighted by molar-refractivity contribution is 6.01. The summed E-state index contributed by atoms with van der Waals surface area (Å²) in [6.45, 7) is 0. The maximum atomic E-state index is 8.74. The molecule has 0 saturated carbocycles. The van der Waals surface area contributed by atoms with Crippen molar-refractivity contribution in [3.8, 4) is 22.4 Å². The van der Waals surface area contributed by atoms with Crippen molar-refractivity contribution in [2.24, 2.45) is 10.9 Å². The van der Waals surface area contributed by atoms with E-state index in [1.807, 2.05) is 54.7 Å². The number of nitrogen functional groups attached to an aromatic ring is 1. The second kappa shape index (κ2) is 6.76. The smallest absolute Gasteiger partial charge is 0.170 e. The number of amidine groups is 1. The molecule has 0 unspecified atom stereocenters. The maximum Gasteiger partial charge on any atom is 0.170 e. The first-order valence-corrected chi connectivity index (χ1v) is 8.35. The second-order valence-electron chi connectivity index (χ2n) is 6.10. The lowest BCUT2D eigenvalue weighted by atomic mass is 10.0. The van der Waals surface area contributed by atoms with Crippen LogP contribution < -0.4 is 11.5 Å². The van der Waals surface area contributed by atoms with Gasteiger partial charge in [0.05, 0.1) is 5.69 Å². The van der Waals surface area contributed by atoms with Crippen molar-refractivity contribution in [2.45, 2.75) is 0 Å². The van der Waals surface area contributed by atoms with Crippen molar-refractivity contribution in [3.05, 3.63) is 78.6 Å². The fraction of sp³-hybridized carbons (Fsp3) is 0. The van der Waals surface area contributed by atoms with Gasteiger partial charge in [0.15, 0.2) is 5.84 Å². The highest BCUT2D eigenvalue weighted by atomic mass is 16.4. The lowest BCUT2D eigenvalue weighted by molar-refractivity contribution is 0.318. The van der Waals surface area contributed by atoms with Gasteiger partial charge < -0.3 is 16.7 Å². The van der Waals surface area contributed by atoms with Crippen LogP contribution in [0.4, 0.5) is 5.82 Å². The molecule has 6 nitrogen and oxygen atoms in total. The van der Waals surface area contributed by atoms with Crippen LogP contribution in [-0.2, 0) is 0 Å². The first-order valence-electron chi connectivity index (χ1n) is 8.35. The first kappa shape index (κ1) is 16.5. The number of nitrogens with two attached hydrogens (primary N) is 2. The van der Waals surface area contributed by atoms with Crippen LogP contribution in [0.5, 0.6) is 0 Å². The Kier molecular flexibility index (Phi) is 4.14. The fourth-order valence-electron chi connectivity index (χ4n) is 3.04. The Bertz CT molecular complexity index is 1140. The van der Waals surface area contributed by atoms with Crippen LogP contribution in [0.25, 0.3) is 33.2 Å². The molecule has 0 saturated heterocycles. The summed E-state index contributed by atoms with van der Waals surface area (Å²) in [4.78, 5) is 8.88. The molecule has 0 fully saturated rings. The third kappa shape index (κ3) is 3.04. The van der Waals surface area contributed by atoms with Gasteiger partial charge in [-0.25, -0.2) is 4.98 Å². The van der Waals surface area contributed by atoms with Crippen molar-refractivity contribution in [1.82, 2.24) is 9.97 Å². The van der Waals surface area contributed by atoms with Gasteiger partial charge in [0.1, 0.15) is 5.82 Å². The Morgan fingerprint density at radius 3 is 2.19 bits per heavy atom. The minimum atomic E-state index is 0.0765. The number of pyridine rings is 2. The Hall–Kier alpha value is -3.93. The molecule has 4 aromatic rings. The third-order valence-corrected chi connectivity index (χ3v) is 4.48. The van der Waals surface area contributed by atoms with Gasteiger partial charge in [-0.2, -0.15) is 0 Å². The average molecular weight is 355 g/mol. The summed E-state index contributed by atoms with van der Waals surface area (Å²) < 4.78 is 0. The Morgan fingerprint density at radius 1 is 0.815 bits per heavy atom. The topological polar surface area (TPSA) is 110 Å². The number of oxime groups is 1. The van der Waals surface area contributed by atoms with E-state index in [-0.39, 0.29) is 5.84 Å². The van der Waals surface area contributed by atoms with E-state index < -0.39 is 0 Å². The molecule has 27 heavy (non-hydrogen) atoms. The van der Waals surface area contributed by atoms with Crippen molar-refractivity contribution < 1.29 is 5.21 Å². The Balaban J connectivity index is 1.70. The first-order chi connectivity index (χ1) is 13.2. The van der Waals surface area contributed by atoms with Gasteiger partial charge in [-0.1, -0.05) is 59.8 Å².